The number of carboxylic acids is 1. The van der Waals surface area contributed by atoms with E-state index in [1.807, 2.05) is 0 Å². The van der Waals surface area contributed by atoms with Crippen LogP contribution in [0.4, 0.5) is 0 Å². The van der Waals surface area contributed by atoms with Crippen LogP contribution < -0.4 is 5.73 Å². The molecule has 0 aliphatic carbocycles. The molecule has 1 fully saturated rings. The number of aliphatic hydroxyl groups is 3. The number of hydrogen-bond donors (Lipinski definition) is 7. The van der Waals surface area contributed by atoms with Gasteiger partial charge in [0, 0.05) is 6.20 Å². The second-order valence-electron chi connectivity index (χ2n) is 4.77. The van der Waals surface area contributed by atoms with Gasteiger partial charge in [0.15, 0.2) is 11.9 Å². The first-order valence-electron chi connectivity index (χ1n) is 5.82. The van der Waals surface area contributed by atoms with Crippen LogP contribution in [-0.2, 0) is 9.30 Å². The molecule has 12 nitrogen and oxygen atoms in total. The van der Waals surface area contributed by atoms with Gasteiger partial charge >= 0.3 is 13.6 Å². The largest absolute Gasteiger partial charge is 0.476 e. The number of aromatic carboxylic acids is 1. The maximum Gasteiger partial charge on any atom is 0.374 e. The maximum atomic E-state index is 11.2. The van der Waals surface area contributed by atoms with Gasteiger partial charge in [-0.3, -0.25) is 10.3 Å². The first-order chi connectivity index (χ1) is 9.96. The minimum absolute atomic E-state index is 0.383. The highest BCUT2D eigenvalue weighted by molar-refractivity contribution is 7.53. The lowest BCUT2D eigenvalue weighted by Gasteiger charge is -2.31. The standard InChI is InChI=1S/C9H14N3O9P/c10-9(17,22(18,19)20)6-4(13)5(14)7(21-6)12-1-3(8(15)16)11-2-12/h1-2,4-7,13-14,17H,10H2,(H,15,16)(H2,18,19,20)/t4-,5+,6-,7?,9?/m1/s1. The lowest BCUT2D eigenvalue weighted by Crippen LogP contribution is -2.55. The summed E-state index contributed by atoms with van der Waals surface area (Å²) in [5.74, 6) is -1.35. The number of rotatable bonds is 4. The molecule has 0 amide bonds. The van der Waals surface area contributed by atoms with Crippen molar-refractivity contribution >= 4 is 13.6 Å². The first kappa shape index (κ1) is 17.0. The fourth-order valence-corrected chi connectivity index (χ4v) is 2.55. The van der Waals surface area contributed by atoms with Crippen LogP contribution in [-0.4, -0.2) is 69.5 Å². The van der Waals surface area contributed by atoms with Gasteiger partial charge in [-0.15, -0.1) is 0 Å². The summed E-state index contributed by atoms with van der Waals surface area (Å²) in [5, 5.41) is 38.1. The van der Waals surface area contributed by atoms with E-state index in [1.54, 1.807) is 0 Å². The minimum Gasteiger partial charge on any atom is -0.476 e. The summed E-state index contributed by atoms with van der Waals surface area (Å²) in [7, 11) is -5.29. The summed E-state index contributed by atoms with van der Waals surface area (Å²) in [5.41, 5.74) is 1.50. The van der Waals surface area contributed by atoms with Crippen LogP contribution in [0.3, 0.4) is 0 Å². The number of ether oxygens (including phenoxy) is 1. The van der Waals surface area contributed by atoms with Crippen LogP contribution in [0.2, 0.25) is 0 Å². The van der Waals surface area contributed by atoms with E-state index < -0.39 is 43.6 Å². The summed E-state index contributed by atoms with van der Waals surface area (Å²) >= 11 is 0. The molecular weight excluding hydrogens is 325 g/mol. The number of aliphatic hydroxyl groups excluding tert-OH is 2. The maximum absolute atomic E-state index is 11.2. The smallest absolute Gasteiger partial charge is 0.374 e. The Morgan fingerprint density at radius 2 is 2.00 bits per heavy atom. The number of hydrogen-bond acceptors (Lipinski definition) is 8. The van der Waals surface area contributed by atoms with Crippen molar-refractivity contribution in [1.82, 2.24) is 9.55 Å². The van der Waals surface area contributed by atoms with E-state index in [-0.39, 0.29) is 5.69 Å². The SMILES string of the molecule is NC(O)([C@@H]1OC(n2cnc(C(=O)O)c2)[C@@H](O)[C@H]1O)P(=O)(O)O. The van der Waals surface area contributed by atoms with Crippen molar-refractivity contribution in [3.63, 3.8) is 0 Å². The molecule has 0 saturated carbocycles. The van der Waals surface area contributed by atoms with E-state index in [0.29, 0.717) is 0 Å². The van der Waals surface area contributed by atoms with Gasteiger partial charge in [-0.05, 0) is 0 Å². The zero-order chi connectivity index (χ0) is 16.9. The predicted octanol–water partition coefficient (Wildman–Crippen LogP) is -3.02. The van der Waals surface area contributed by atoms with Crippen LogP contribution >= 0.6 is 7.60 Å². The van der Waals surface area contributed by atoms with Crippen molar-refractivity contribution in [3.8, 4) is 0 Å². The third-order valence-corrected chi connectivity index (χ3v) is 4.43. The number of imidazole rings is 1. The average Bonchev–Trinajstić information content (AvgIpc) is 2.95. The van der Waals surface area contributed by atoms with Crippen LogP contribution in [0.15, 0.2) is 12.5 Å². The molecule has 2 rings (SSSR count). The molecule has 0 spiro atoms. The van der Waals surface area contributed by atoms with Crippen LogP contribution in [0, 0.1) is 0 Å². The van der Waals surface area contributed by atoms with E-state index in [4.69, 9.17) is 25.4 Å². The molecule has 1 aliphatic heterocycles. The molecule has 1 aromatic heterocycles. The van der Waals surface area contributed by atoms with Crippen molar-refractivity contribution in [2.24, 2.45) is 5.73 Å². The van der Waals surface area contributed by atoms with Crippen LogP contribution in [0.5, 0.6) is 0 Å². The van der Waals surface area contributed by atoms with Gasteiger partial charge in [-0.2, -0.15) is 0 Å². The van der Waals surface area contributed by atoms with Crippen molar-refractivity contribution < 1.29 is 44.3 Å². The van der Waals surface area contributed by atoms with E-state index >= 15 is 0 Å². The monoisotopic (exact) mass is 339 g/mol. The molecule has 1 saturated heterocycles. The van der Waals surface area contributed by atoms with Gasteiger partial charge in [0.1, 0.15) is 18.3 Å². The normalized spacial score (nSPS) is 31.9. The molecule has 2 unspecified atom stereocenters. The molecule has 0 radical (unpaired) electrons. The number of nitrogens with two attached hydrogens (primary N) is 1. The van der Waals surface area contributed by atoms with Crippen molar-refractivity contribution in [3.05, 3.63) is 18.2 Å². The fraction of sp³-hybridized carbons (Fsp3) is 0.556. The van der Waals surface area contributed by atoms with Crippen molar-refractivity contribution in [1.29, 1.82) is 0 Å². The molecule has 2 heterocycles. The number of carboxylic acid groups (broad SMARTS) is 1. The first-order valence-corrected chi connectivity index (χ1v) is 7.43. The zero-order valence-electron chi connectivity index (χ0n) is 10.8. The summed E-state index contributed by atoms with van der Waals surface area (Å²) in [4.78, 5) is 32.3. The molecule has 0 bridgehead atoms. The Hall–Kier alpha value is -1.37. The fourth-order valence-electron chi connectivity index (χ4n) is 2.01. The Kier molecular flexibility index (Phi) is 4.14. The minimum atomic E-state index is -5.29. The highest BCUT2D eigenvalue weighted by atomic mass is 31.2. The van der Waals surface area contributed by atoms with Crippen molar-refractivity contribution in [2.75, 3.05) is 0 Å². The van der Waals surface area contributed by atoms with E-state index in [1.165, 1.54) is 0 Å². The Labute approximate surface area is 122 Å². The molecular formula is C9H14N3O9P. The van der Waals surface area contributed by atoms with Crippen molar-refractivity contribution in [2.45, 2.75) is 30.0 Å². The lowest BCUT2D eigenvalue weighted by atomic mass is 10.1. The molecule has 1 aromatic rings. The van der Waals surface area contributed by atoms with Gasteiger partial charge in [0.2, 0.25) is 5.47 Å². The quantitative estimate of drug-likeness (QED) is 0.217. The van der Waals surface area contributed by atoms with Gasteiger partial charge in [-0.1, -0.05) is 0 Å². The second kappa shape index (κ2) is 5.37. The Morgan fingerprint density at radius 3 is 2.45 bits per heavy atom. The summed E-state index contributed by atoms with van der Waals surface area (Å²) in [6.45, 7) is 0. The number of nitrogens with zero attached hydrogens (tertiary/aromatic N) is 2. The van der Waals surface area contributed by atoms with Gasteiger partial charge < -0.3 is 39.5 Å². The van der Waals surface area contributed by atoms with Crippen LogP contribution in [0.1, 0.15) is 16.7 Å². The highest BCUT2D eigenvalue weighted by Crippen LogP contribution is 2.51. The lowest BCUT2D eigenvalue weighted by molar-refractivity contribution is -0.108. The second-order valence-corrected chi connectivity index (χ2v) is 6.57. The molecule has 1 aliphatic rings. The Bertz CT molecular complexity index is 626. The molecule has 8 N–H and O–H groups in total. The molecule has 22 heavy (non-hydrogen) atoms. The predicted molar refractivity (Wildman–Crippen MR) is 66.3 cm³/mol. The molecule has 5 atom stereocenters. The Balaban J connectivity index is 2.30. The van der Waals surface area contributed by atoms with Gasteiger partial charge in [-0.25, -0.2) is 9.78 Å². The van der Waals surface area contributed by atoms with Gasteiger partial charge in [0.05, 0.1) is 6.33 Å². The van der Waals surface area contributed by atoms with Crippen LogP contribution in [0.25, 0.3) is 0 Å². The van der Waals surface area contributed by atoms with E-state index in [2.05, 4.69) is 4.98 Å². The topological polar surface area (TPSA) is 209 Å². The zero-order valence-corrected chi connectivity index (χ0v) is 11.7. The molecule has 124 valence electrons. The Morgan fingerprint density at radius 1 is 1.41 bits per heavy atom. The molecule has 13 heteroatoms. The average molecular weight is 339 g/mol. The third kappa shape index (κ3) is 2.66. The number of carbonyl (C=O) groups is 1. The van der Waals surface area contributed by atoms with E-state index in [9.17, 15) is 24.7 Å². The molecule has 0 aromatic carbocycles. The summed E-state index contributed by atoms with van der Waals surface area (Å²) in [6, 6.07) is 0. The summed E-state index contributed by atoms with van der Waals surface area (Å²) in [6.07, 6.45) is -5.17. The van der Waals surface area contributed by atoms with E-state index in [0.717, 1.165) is 17.1 Å². The highest BCUT2D eigenvalue weighted by Gasteiger charge is 2.59. The summed E-state index contributed by atoms with van der Waals surface area (Å²) < 4.78 is 17.2. The van der Waals surface area contributed by atoms with Gasteiger partial charge in [0.25, 0.3) is 0 Å². The third-order valence-electron chi connectivity index (χ3n) is 3.24. The number of aromatic nitrogens is 2.